The van der Waals surface area contributed by atoms with Gasteiger partial charge in [0, 0.05) is 31.6 Å². The van der Waals surface area contributed by atoms with E-state index in [1.165, 1.54) is 12.8 Å². The quantitative estimate of drug-likeness (QED) is 0.424. The maximum atomic E-state index is 13.7. The van der Waals surface area contributed by atoms with Crippen LogP contribution in [-0.4, -0.2) is 51.0 Å². The van der Waals surface area contributed by atoms with Crippen molar-refractivity contribution in [1.29, 1.82) is 0 Å². The summed E-state index contributed by atoms with van der Waals surface area (Å²) in [6.07, 6.45) is 2.40. The Bertz CT molecular complexity index is 1350. The van der Waals surface area contributed by atoms with Crippen molar-refractivity contribution < 1.29 is 12.8 Å². The SMILES string of the molecule is CCCCN1CCN(c2nc3c(S(=O)(=O)c4cccc5ccccc45)cccc3o2)CC1. The summed E-state index contributed by atoms with van der Waals surface area (Å²) in [4.78, 5) is 9.69. The van der Waals surface area contributed by atoms with Crippen LogP contribution in [0.15, 0.2) is 74.9 Å². The van der Waals surface area contributed by atoms with Gasteiger partial charge in [0.15, 0.2) is 5.58 Å². The van der Waals surface area contributed by atoms with Crippen molar-refractivity contribution >= 4 is 37.7 Å². The Balaban J connectivity index is 1.50. The van der Waals surface area contributed by atoms with Gasteiger partial charge in [-0.15, -0.1) is 0 Å². The van der Waals surface area contributed by atoms with E-state index in [9.17, 15) is 8.42 Å². The molecule has 0 N–H and O–H groups in total. The van der Waals surface area contributed by atoms with Gasteiger partial charge in [0.1, 0.15) is 10.4 Å². The number of unbranched alkanes of at least 4 members (excludes halogenated alkanes) is 1. The molecule has 3 aromatic carbocycles. The van der Waals surface area contributed by atoms with E-state index in [-0.39, 0.29) is 9.79 Å². The van der Waals surface area contributed by atoms with Crippen LogP contribution in [0.2, 0.25) is 0 Å². The number of rotatable bonds is 6. The van der Waals surface area contributed by atoms with Crippen LogP contribution in [0.3, 0.4) is 0 Å². The molecular weight excluding hydrogens is 422 g/mol. The van der Waals surface area contributed by atoms with Crippen LogP contribution in [0, 0.1) is 0 Å². The smallest absolute Gasteiger partial charge is 0.298 e. The summed E-state index contributed by atoms with van der Waals surface area (Å²) < 4.78 is 33.4. The number of sulfone groups is 1. The number of para-hydroxylation sites is 1. The third kappa shape index (κ3) is 3.76. The molecule has 5 rings (SSSR count). The zero-order valence-corrected chi connectivity index (χ0v) is 19.0. The van der Waals surface area contributed by atoms with Gasteiger partial charge >= 0.3 is 0 Å². The number of piperazine rings is 1. The highest BCUT2D eigenvalue weighted by atomic mass is 32.2. The molecule has 1 aliphatic heterocycles. The lowest BCUT2D eigenvalue weighted by atomic mass is 10.1. The summed E-state index contributed by atoms with van der Waals surface area (Å²) in [7, 11) is -3.78. The first kappa shape index (κ1) is 21.0. The Morgan fingerprint density at radius 2 is 1.62 bits per heavy atom. The average molecular weight is 450 g/mol. The molecule has 0 bridgehead atoms. The zero-order chi connectivity index (χ0) is 22.1. The predicted molar refractivity (Wildman–Crippen MR) is 127 cm³/mol. The summed E-state index contributed by atoms with van der Waals surface area (Å²) in [5, 5.41) is 1.60. The van der Waals surface area contributed by atoms with Crippen molar-refractivity contribution in [3.63, 3.8) is 0 Å². The van der Waals surface area contributed by atoms with Crippen LogP contribution < -0.4 is 4.90 Å². The molecule has 6 nitrogen and oxygen atoms in total. The van der Waals surface area contributed by atoms with Gasteiger partial charge in [-0.2, -0.15) is 4.98 Å². The summed E-state index contributed by atoms with van der Waals surface area (Å²) >= 11 is 0. The van der Waals surface area contributed by atoms with Gasteiger partial charge in [-0.25, -0.2) is 8.42 Å². The van der Waals surface area contributed by atoms with Crippen molar-refractivity contribution in [2.45, 2.75) is 29.6 Å². The predicted octanol–water partition coefficient (Wildman–Crippen LogP) is 4.74. The second-order valence-corrected chi connectivity index (χ2v) is 10.1. The summed E-state index contributed by atoms with van der Waals surface area (Å²) in [5.41, 5.74) is 0.888. The fourth-order valence-electron chi connectivity index (χ4n) is 4.36. The number of anilines is 1. The lowest BCUT2D eigenvalue weighted by Gasteiger charge is -2.33. The molecule has 166 valence electrons. The minimum atomic E-state index is -3.78. The highest BCUT2D eigenvalue weighted by Crippen LogP contribution is 2.34. The number of fused-ring (bicyclic) bond motifs is 2. The molecule has 32 heavy (non-hydrogen) atoms. The van der Waals surface area contributed by atoms with Crippen LogP contribution in [0.1, 0.15) is 19.8 Å². The molecule has 0 unspecified atom stereocenters. The molecule has 0 atom stereocenters. The summed E-state index contributed by atoms with van der Waals surface area (Å²) in [6.45, 7) is 6.88. The van der Waals surface area contributed by atoms with Gasteiger partial charge in [-0.3, -0.25) is 4.90 Å². The molecule has 2 heterocycles. The number of benzene rings is 3. The van der Waals surface area contributed by atoms with Crippen molar-refractivity contribution in [3.8, 4) is 0 Å². The second kappa shape index (κ2) is 8.56. The minimum Gasteiger partial charge on any atom is -0.423 e. The molecule has 0 aliphatic carbocycles. The van der Waals surface area contributed by atoms with E-state index in [4.69, 9.17) is 4.42 Å². The molecule has 0 spiro atoms. The Kier molecular flexibility index (Phi) is 5.61. The lowest BCUT2D eigenvalue weighted by Crippen LogP contribution is -2.46. The van der Waals surface area contributed by atoms with Gasteiger partial charge < -0.3 is 9.32 Å². The molecule has 1 aliphatic rings. The van der Waals surface area contributed by atoms with Gasteiger partial charge in [0.25, 0.3) is 6.01 Å². The zero-order valence-electron chi connectivity index (χ0n) is 18.2. The molecule has 0 radical (unpaired) electrons. The molecule has 0 amide bonds. The number of hydrogen-bond acceptors (Lipinski definition) is 6. The Morgan fingerprint density at radius 3 is 2.44 bits per heavy atom. The van der Waals surface area contributed by atoms with E-state index in [2.05, 4.69) is 21.7 Å². The highest BCUT2D eigenvalue weighted by Gasteiger charge is 2.27. The topological polar surface area (TPSA) is 66.7 Å². The van der Waals surface area contributed by atoms with Gasteiger partial charge in [0.05, 0.1) is 4.90 Å². The van der Waals surface area contributed by atoms with E-state index < -0.39 is 9.84 Å². The first-order valence-electron chi connectivity index (χ1n) is 11.2. The number of aromatic nitrogens is 1. The van der Waals surface area contributed by atoms with Crippen molar-refractivity contribution in [2.24, 2.45) is 0 Å². The maximum absolute atomic E-state index is 13.7. The lowest BCUT2D eigenvalue weighted by molar-refractivity contribution is 0.250. The molecule has 1 aromatic heterocycles. The van der Waals surface area contributed by atoms with Crippen LogP contribution in [0.5, 0.6) is 0 Å². The van der Waals surface area contributed by atoms with Crippen molar-refractivity contribution in [2.75, 3.05) is 37.6 Å². The third-order valence-corrected chi connectivity index (χ3v) is 8.01. The molecule has 0 saturated carbocycles. The first-order valence-corrected chi connectivity index (χ1v) is 12.7. The Hall–Kier alpha value is -2.90. The number of oxazole rings is 1. The molecular formula is C25H27N3O3S. The summed E-state index contributed by atoms with van der Waals surface area (Å²) in [6, 6.07) is 18.5. The summed E-state index contributed by atoms with van der Waals surface area (Å²) in [5.74, 6) is 0. The van der Waals surface area contributed by atoms with Gasteiger partial charge in [0.2, 0.25) is 9.84 Å². The standard InChI is InChI=1S/C25H27N3O3S/c1-2-3-14-27-15-17-28(18-16-27)25-26-24-21(31-25)11-7-13-23(24)32(29,30)22-12-6-9-19-8-4-5-10-20(19)22/h4-13H,2-3,14-18H2,1H3. The number of hydrogen-bond donors (Lipinski definition) is 0. The molecule has 1 saturated heterocycles. The molecule has 7 heteroatoms. The Labute approximate surface area is 188 Å². The van der Waals surface area contributed by atoms with E-state index in [1.54, 1.807) is 30.3 Å². The van der Waals surface area contributed by atoms with Crippen LogP contribution in [-0.2, 0) is 9.84 Å². The first-order chi connectivity index (χ1) is 15.6. The minimum absolute atomic E-state index is 0.183. The van der Waals surface area contributed by atoms with E-state index in [0.29, 0.717) is 22.5 Å². The fraction of sp³-hybridized carbons (Fsp3) is 0.320. The number of nitrogens with zero attached hydrogens (tertiary/aromatic N) is 3. The fourth-order valence-corrected chi connectivity index (χ4v) is 5.99. The van der Waals surface area contributed by atoms with Gasteiger partial charge in [-0.1, -0.05) is 55.8 Å². The van der Waals surface area contributed by atoms with Crippen molar-refractivity contribution in [3.05, 3.63) is 60.7 Å². The highest BCUT2D eigenvalue weighted by molar-refractivity contribution is 7.92. The van der Waals surface area contributed by atoms with E-state index in [0.717, 1.165) is 38.1 Å². The largest absolute Gasteiger partial charge is 0.423 e. The Morgan fingerprint density at radius 1 is 0.906 bits per heavy atom. The van der Waals surface area contributed by atoms with E-state index in [1.807, 2.05) is 30.3 Å². The molecule has 4 aromatic rings. The molecule has 1 fully saturated rings. The van der Waals surface area contributed by atoms with Crippen molar-refractivity contribution in [1.82, 2.24) is 9.88 Å². The van der Waals surface area contributed by atoms with Gasteiger partial charge in [-0.05, 0) is 36.6 Å². The van der Waals surface area contributed by atoms with Crippen LogP contribution in [0.4, 0.5) is 6.01 Å². The van der Waals surface area contributed by atoms with E-state index >= 15 is 0 Å². The van der Waals surface area contributed by atoms with Crippen LogP contribution in [0.25, 0.3) is 21.9 Å². The average Bonchev–Trinajstić information content (AvgIpc) is 3.27. The van der Waals surface area contributed by atoms with Crippen LogP contribution >= 0.6 is 0 Å². The third-order valence-electron chi connectivity index (χ3n) is 6.17. The second-order valence-electron chi connectivity index (χ2n) is 8.26. The monoisotopic (exact) mass is 449 g/mol. The normalized spacial score (nSPS) is 15.6. The maximum Gasteiger partial charge on any atom is 0.298 e.